The lowest BCUT2D eigenvalue weighted by Gasteiger charge is -2.00. The van der Waals surface area contributed by atoms with Gasteiger partial charge < -0.3 is 0 Å². The molecule has 2 nitrogen and oxygen atoms in total. The zero-order valence-corrected chi connectivity index (χ0v) is 7.21. The van der Waals surface area contributed by atoms with Crippen LogP contribution in [0.3, 0.4) is 0 Å². The van der Waals surface area contributed by atoms with Gasteiger partial charge in [-0.25, -0.2) is 4.99 Å². The van der Waals surface area contributed by atoms with Gasteiger partial charge in [-0.05, 0) is 6.92 Å². The van der Waals surface area contributed by atoms with Crippen LogP contribution in [0.4, 0.5) is 4.79 Å². The highest BCUT2D eigenvalue weighted by molar-refractivity contribution is 8.15. The van der Waals surface area contributed by atoms with Crippen LogP contribution in [0.1, 0.15) is 13.3 Å². The summed E-state index contributed by atoms with van der Waals surface area (Å²) in [7, 11) is 0. The number of hydrogen-bond donors (Lipinski definition) is 0. The molecule has 0 saturated heterocycles. The molecule has 10 heavy (non-hydrogen) atoms. The summed E-state index contributed by atoms with van der Waals surface area (Å²) in [6, 6.07) is 0. The van der Waals surface area contributed by atoms with Crippen LogP contribution < -0.4 is 0 Å². The molecule has 0 aromatic heterocycles. The van der Waals surface area contributed by atoms with Gasteiger partial charge in [-0.2, -0.15) is 0 Å². The van der Waals surface area contributed by atoms with Gasteiger partial charge in [0.1, 0.15) is 0 Å². The van der Waals surface area contributed by atoms with Crippen molar-refractivity contribution in [2.75, 3.05) is 5.88 Å². The summed E-state index contributed by atoms with van der Waals surface area (Å²) in [6.45, 7) is 1.97. The number of thioether (sulfide) groups is 1. The molecule has 1 rings (SSSR count). The maximum Gasteiger partial charge on any atom is 0.305 e. The lowest BCUT2D eigenvalue weighted by Crippen LogP contribution is -2.08. The molecule has 0 radical (unpaired) electrons. The Morgan fingerprint density at radius 3 is 2.90 bits per heavy atom. The van der Waals surface area contributed by atoms with Crippen molar-refractivity contribution in [3.05, 3.63) is 0 Å². The third-order valence-corrected chi connectivity index (χ3v) is 2.44. The summed E-state index contributed by atoms with van der Waals surface area (Å²) in [6.07, 6.45) is 0.738. The number of aliphatic imine (C=N–C) groups is 1. The highest BCUT2D eigenvalue weighted by Gasteiger charge is 2.22. The SMILES string of the molecule is CC1SC(=O)N=C1CCCl. The maximum atomic E-state index is 10.7. The molecular formula is C6H8ClNOS. The fraction of sp³-hybridized carbons (Fsp3) is 0.667. The van der Waals surface area contributed by atoms with Gasteiger partial charge in [0, 0.05) is 23.3 Å². The van der Waals surface area contributed by atoms with Crippen molar-refractivity contribution in [1.82, 2.24) is 0 Å². The molecule has 0 aliphatic carbocycles. The van der Waals surface area contributed by atoms with Crippen LogP contribution in [0.25, 0.3) is 0 Å². The van der Waals surface area contributed by atoms with E-state index in [1.807, 2.05) is 6.92 Å². The van der Waals surface area contributed by atoms with E-state index in [1.165, 1.54) is 11.8 Å². The molecule has 0 bridgehead atoms. The Labute approximate surface area is 69.0 Å². The second-order valence-electron chi connectivity index (χ2n) is 2.07. The number of nitrogens with zero attached hydrogens (tertiary/aromatic N) is 1. The Hall–Kier alpha value is -0.0200. The monoisotopic (exact) mass is 177 g/mol. The minimum Gasteiger partial charge on any atom is -0.259 e. The highest BCUT2D eigenvalue weighted by atomic mass is 35.5. The molecule has 0 fully saturated rings. The Morgan fingerprint density at radius 1 is 1.80 bits per heavy atom. The second-order valence-corrected chi connectivity index (χ2v) is 3.74. The summed E-state index contributed by atoms with van der Waals surface area (Å²) >= 11 is 6.76. The van der Waals surface area contributed by atoms with Gasteiger partial charge >= 0.3 is 5.24 Å². The van der Waals surface area contributed by atoms with Crippen molar-refractivity contribution >= 4 is 34.3 Å². The van der Waals surface area contributed by atoms with Crippen LogP contribution in [0, 0.1) is 0 Å². The van der Waals surface area contributed by atoms with E-state index in [0.717, 1.165) is 12.1 Å². The average Bonchev–Trinajstić information content (AvgIpc) is 2.13. The zero-order valence-electron chi connectivity index (χ0n) is 5.63. The molecule has 4 heteroatoms. The van der Waals surface area contributed by atoms with E-state index in [1.54, 1.807) is 0 Å². The molecule has 1 unspecified atom stereocenters. The first kappa shape index (κ1) is 8.08. The van der Waals surface area contributed by atoms with Crippen LogP contribution in [-0.4, -0.2) is 22.1 Å². The number of hydrogen-bond acceptors (Lipinski definition) is 2. The molecule has 56 valence electrons. The van der Waals surface area contributed by atoms with Gasteiger partial charge in [0.25, 0.3) is 0 Å². The number of amides is 1. The Bertz CT molecular complexity index is 181. The lowest BCUT2D eigenvalue weighted by atomic mass is 10.2. The van der Waals surface area contributed by atoms with Crippen LogP contribution >= 0.6 is 23.4 Å². The van der Waals surface area contributed by atoms with Crippen LogP contribution in [0.5, 0.6) is 0 Å². The largest absolute Gasteiger partial charge is 0.305 e. The summed E-state index contributed by atoms with van der Waals surface area (Å²) < 4.78 is 0. The first-order valence-electron chi connectivity index (χ1n) is 3.08. The van der Waals surface area contributed by atoms with E-state index in [2.05, 4.69) is 4.99 Å². The van der Waals surface area contributed by atoms with Gasteiger partial charge in [-0.3, -0.25) is 4.79 Å². The van der Waals surface area contributed by atoms with Crippen LogP contribution in [-0.2, 0) is 0 Å². The van der Waals surface area contributed by atoms with Crippen molar-refractivity contribution in [2.45, 2.75) is 18.6 Å². The van der Waals surface area contributed by atoms with E-state index < -0.39 is 0 Å². The summed E-state index contributed by atoms with van der Waals surface area (Å²) in [5.41, 5.74) is 0.935. The minimum absolute atomic E-state index is 0.0763. The standard InChI is InChI=1S/C6H8ClNOS/c1-4-5(2-3-7)8-6(9)10-4/h4H,2-3H2,1H3. The Kier molecular flexibility index (Phi) is 2.74. The predicted octanol–water partition coefficient (Wildman–Crippen LogP) is 2.31. The number of rotatable bonds is 2. The van der Waals surface area contributed by atoms with E-state index in [9.17, 15) is 4.79 Å². The van der Waals surface area contributed by atoms with Gasteiger partial charge in [0.05, 0.1) is 0 Å². The molecule has 0 aromatic rings. The Morgan fingerprint density at radius 2 is 2.50 bits per heavy atom. The van der Waals surface area contributed by atoms with Gasteiger partial charge in [0.2, 0.25) is 0 Å². The molecule has 0 aromatic carbocycles. The van der Waals surface area contributed by atoms with E-state index in [4.69, 9.17) is 11.6 Å². The highest BCUT2D eigenvalue weighted by Crippen LogP contribution is 2.23. The minimum atomic E-state index is -0.0763. The smallest absolute Gasteiger partial charge is 0.259 e. The number of carbonyl (C=O) groups excluding carboxylic acids is 1. The van der Waals surface area contributed by atoms with Gasteiger partial charge in [-0.15, -0.1) is 11.6 Å². The number of halogens is 1. The number of alkyl halides is 1. The quantitative estimate of drug-likeness (QED) is 0.606. The first-order chi connectivity index (χ1) is 4.74. The maximum absolute atomic E-state index is 10.7. The van der Waals surface area contributed by atoms with E-state index in [-0.39, 0.29) is 10.5 Å². The average molecular weight is 178 g/mol. The molecule has 1 heterocycles. The van der Waals surface area contributed by atoms with Gasteiger partial charge in [0.15, 0.2) is 0 Å². The van der Waals surface area contributed by atoms with Crippen molar-refractivity contribution in [3.8, 4) is 0 Å². The summed E-state index contributed by atoms with van der Waals surface area (Å²) in [4.78, 5) is 14.5. The molecule has 1 aliphatic heterocycles. The molecule has 1 aliphatic rings. The van der Waals surface area contributed by atoms with Crippen LogP contribution in [0.15, 0.2) is 4.99 Å². The van der Waals surface area contributed by atoms with E-state index >= 15 is 0 Å². The molecule has 0 N–H and O–H groups in total. The number of carbonyl (C=O) groups is 1. The fourth-order valence-electron chi connectivity index (χ4n) is 0.810. The third-order valence-electron chi connectivity index (χ3n) is 1.33. The topological polar surface area (TPSA) is 29.4 Å². The van der Waals surface area contributed by atoms with Gasteiger partial charge in [-0.1, -0.05) is 11.8 Å². The third kappa shape index (κ3) is 1.73. The molecular weight excluding hydrogens is 170 g/mol. The summed E-state index contributed by atoms with van der Waals surface area (Å²) in [5, 5.41) is 0.166. The predicted molar refractivity (Wildman–Crippen MR) is 45.2 cm³/mol. The van der Waals surface area contributed by atoms with Crippen LogP contribution in [0.2, 0.25) is 0 Å². The Balaban J connectivity index is 2.56. The second kappa shape index (κ2) is 3.39. The van der Waals surface area contributed by atoms with Crippen molar-refractivity contribution < 1.29 is 4.79 Å². The molecule has 0 saturated carbocycles. The lowest BCUT2D eigenvalue weighted by molar-refractivity contribution is 0.268. The summed E-state index contributed by atoms with van der Waals surface area (Å²) in [5.74, 6) is 0.553. The fourth-order valence-corrected chi connectivity index (χ4v) is 1.78. The van der Waals surface area contributed by atoms with Crippen molar-refractivity contribution in [1.29, 1.82) is 0 Å². The molecule has 1 amide bonds. The zero-order chi connectivity index (χ0) is 7.56. The normalized spacial score (nSPS) is 25.2. The molecule has 1 atom stereocenters. The first-order valence-corrected chi connectivity index (χ1v) is 4.49. The molecule has 0 spiro atoms. The van der Waals surface area contributed by atoms with E-state index in [0.29, 0.717) is 5.88 Å². The van der Waals surface area contributed by atoms with Crippen molar-refractivity contribution in [3.63, 3.8) is 0 Å². The van der Waals surface area contributed by atoms with Crippen molar-refractivity contribution in [2.24, 2.45) is 4.99 Å².